The molecular formula is C33H42ClN5O3. The molecule has 1 fully saturated rings. The number of benzene rings is 3. The van der Waals surface area contributed by atoms with Gasteiger partial charge in [-0.2, -0.15) is 0 Å². The number of hydrogen-bond acceptors (Lipinski definition) is 5. The number of halogens is 1. The second kappa shape index (κ2) is 14.6. The van der Waals surface area contributed by atoms with Crippen molar-refractivity contribution in [3.63, 3.8) is 0 Å². The molecule has 0 radical (unpaired) electrons. The van der Waals surface area contributed by atoms with Crippen molar-refractivity contribution in [1.82, 2.24) is 20.0 Å². The highest BCUT2D eigenvalue weighted by Crippen LogP contribution is 2.24. The molecule has 4 rings (SSSR count). The van der Waals surface area contributed by atoms with E-state index in [0.29, 0.717) is 50.3 Å². The number of hydrogen-bond donors (Lipinski definition) is 2. The summed E-state index contributed by atoms with van der Waals surface area (Å²) in [6, 6.07) is 19.4. The van der Waals surface area contributed by atoms with E-state index >= 15 is 0 Å². The normalized spacial score (nSPS) is 17.0. The van der Waals surface area contributed by atoms with Crippen LogP contribution < -0.4 is 11.1 Å². The van der Waals surface area contributed by atoms with E-state index in [4.69, 9.17) is 17.3 Å². The van der Waals surface area contributed by atoms with Gasteiger partial charge < -0.3 is 25.8 Å². The van der Waals surface area contributed by atoms with Crippen LogP contribution in [0.15, 0.2) is 66.7 Å². The van der Waals surface area contributed by atoms with Crippen LogP contribution in [0.3, 0.4) is 0 Å². The van der Waals surface area contributed by atoms with Crippen molar-refractivity contribution in [3.8, 4) is 0 Å². The van der Waals surface area contributed by atoms with Gasteiger partial charge in [-0.05, 0) is 61.0 Å². The molecule has 1 aliphatic heterocycles. The van der Waals surface area contributed by atoms with Crippen LogP contribution in [0.1, 0.15) is 30.9 Å². The van der Waals surface area contributed by atoms with E-state index in [-0.39, 0.29) is 24.3 Å². The zero-order valence-corrected chi connectivity index (χ0v) is 25.5. The Balaban J connectivity index is 1.55. The molecule has 0 spiro atoms. The Morgan fingerprint density at radius 2 is 1.69 bits per heavy atom. The zero-order chi connectivity index (χ0) is 30.2. The van der Waals surface area contributed by atoms with Gasteiger partial charge >= 0.3 is 0 Å². The molecule has 8 nitrogen and oxygen atoms in total. The van der Waals surface area contributed by atoms with Gasteiger partial charge in [0.15, 0.2) is 0 Å². The second-order valence-corrected chi connectivity index (χ2v) is 11.7. The molecule has 0 aromatic heterocycles. The number of amides is 3. The maximum Gasteiger partial charge on any atom is 0.246 e. The number of nitrogens with zero attached hydrogens (tertiary/aromatic N) is 3. The van der Waals surface area contributed by atoms with Crippen LogP contribution in [0.25, 0.3) is 10.8 Å². The number of fused-ring (bicyclic) bond motifs is 1. The largest absolute Gasteiger partial charge is 0.353 e. The van der Waals surface area contributed by atoms with Crippen LogP contribution in [-0.4, -0.2) is 90.8 Å². The summed E-state index contributed by atoms with van der Waals surface area (Å²) in [5, 5.41) is 5.86. The van der Waals surface area contributed by atoms with Gasteiger partial charge in [-0.3, -0.25) is 14.4 Å². The average molecular weight is 592 g/mol. The Hall–Kier alpha value is -3.46. The van der Waals surface area contributed by atoms with Crippen molar-refractivity contribution in [1.29, 1.82) is 0 Å². The molecule has 3 aromatic rings. The van der Waals surface area contributed by atoms with Crippen LogP contribution >= 0.6 is 11.6 Å². The minimum absolute atomic E-state index is 0.187. The third kappa shape index (κ3) is 7.88. The molecule has 0 unspecified atom stereocenters. The molecule has 3 amide bonds. The molecule has 42 heavy (non-hydrogen) atoms. The molecule has 0 saturated carbocycles. The lowest BCUT2D eigenvalue weighted by molar-refractivity contribution is -0.156. The maximum absolute atomic E-state index is 14.1. The monoisotopic (exact) mass is 591 g/mol. The molecule has 1 aliphatic rings. The minimum Gasteiger partial charge on any atom is -0.353 e. The van der Waals surface area contributed by atoms with E-state index in [2.05, 4.69) is 17.4 Å². The summed E-state index contributed by atoms with van der Waals surface area (Å²) in [6.45, 7) is 3.74. The van der Waals surface area contributed by atoms with Gasteiger partial charge in [0, 0.05) is 37.6 Å². The van der Waals surface area contributed by atoms with E-state index in [0.717, 1.165) is 21.9 Å². The first-order chi connectivity index (χ1) is 20.2. The minimum atomic E-state index is -0.785. The molecular weight excluding hydrogens is 550 g/mol. The number of carbonyl (C=O) groups excluding carboxylic acids is 3. The quantitative estimate of drug-likeness (QED) is 0.336. The van der Waals surface area contributed by atoms with Gasteiger partial charge in [0.1, 0.15) is 12.1 Å². The molecule has 0 aliphatic carbocycles. The van der Waals surface area contributed by atoms with Gasteiger partial charge in [0.05, 0.1) is 6.04 Å². The fraction of sp³-hybridized carbons (Fsp3) is 0.424. The summed E-state index contributed by atoms with van der Waals surface area (Å²) in [5.74, 6) is -0.644. The van der Waals surface area contributed by atoms with E-state index in [1.54, 1.807) is 21.9 Å². The summed E-state index contributed by atoms with van der Waals surface area (Å²) in [5.41, 5.74) is 8.26. The molecule has 9 heteroatoms. The van der Waals surface area contributed by atoms with E-state index in [1.807, 2.05) is 68.4 Å². The third-order valence-corrected chi connectivity index (χ3v) is 8.09. The summed E-state index contributed by atoms with van der Waals surface area (Å²) in [6.07, 6.45) is 1.94. The number of carbonyl (C=O) groups is 3. The molecule has 3 N–H and O–H groups in total. The fourth-order valence-corrected chi connectivity index (χ4v) is 5.69. The molecule has 1 saturated heterocycles. The summed E-state index contributed by atoms with van der Waals surface area (Å²) < 4.78 is 0. The maximum atomic E-state index is 14.1. The van der Waals surface area contributed by atoms with E-state index in [1.165, 1.54) is 0 Å². The van der Waals surface area contributed by atoms with Crippen molar-refractivity contribution in [2.24, 2.45) is 5.73 Å². The Bertz CT molecular complexity index is 1380. The van der Waals surface area contributed by atoms with Crippen LogP contribution in [0.4, 0.5) is 0 Å². The molecule has 3 aromatic carbocycles. The third-order valence-electron chi connectivity index (χ3n) is 7.84. The van der Waals surface area contributed by atoms with E-state index < -0.39 is 18.1 Å². The Morgan fingerprint density at radius 1 is 1.00 bits per heavy atom. The Kier molecular flexibility index (Phi) is 11.0. The number of rotatable bonds is 12. The predicted octanol–water partition coefficient (Wildman–Crippen LogP) is 3.49. The molecule has 224 valence electrons. The first kappa shape index (κ1) is 31.5. The van der Waals surface area contributed by atoms with Gasteiger partial charge in [-0.1, -0.05) is 79.5 Å². The van der Waals surface area contributed by atoms with E-state index in [9.17, 15) is 14.4 Å². The zero-order valence-electron chi connectivity index (χ0n) is 24.8. The van der Waals surface area contributed by atoms with Crippen molar-refractivity contribution >= 4 is 40.1 Å². The summed E-state index contributed by atoms with van der Waals surface area (Å²) in [4.78, 5) is 46.5. The average Bonchev–Trinajstić information content (AvgIpc) is 2.97. The summed E-state index contributed by atoms with van der Waals surface area (Å²) >= 11 is 6.00. The standard InChI is InChI=1S/C33H42ClN5O3/c1-4-7-29-33(42)39(19-18-38(29)32(41)28(35)21-23-11-14-27(34)15-12-23)30(31(40)36-16-17-37(2)3)22-24-10-13-25-8-5-6-9-26(25)20-24/h5-6,8-15,20,28-30H,4,7,16-19,21-22,35H2,1-3H3,(H,36,40)/t28-,29+,30+/m1/s1. The number of likely N-dealkylation sites (N-methyl/N-ethyl adjacent to an activating group) is 1. The van der Waals surface area contributed by atoms with Gasteiger partial charge in [-0.15, -0.1) is 0 Å². The smallest absolute Gasteiger partial charge is 0.246 e. The van der Waals surface area contributed by atoms with Crippen LogP contribution in [-0.2, 0) is 27.2 Å². The highest BCUT2D eigenvalue weighted by Gasteiger charge is 2.42. The van der Waals surface area contributed by atoms with Crippen LogP contribution in [0, 0.1) is 0 Å². The number of piperazine rings is 1. The van der Waals surface area contributed by atoms with Gasteiger partial charge in [0.25, 0.3) is 0 Å². The van der Waals surface area contributed by atoms with Crippen molar-refractivity contribution in [2.45, 2.75) is 50.7 Å². The lowest BCUT2D eigenvalue weighted by Crippen LogP contribution is -2.65. The summed E-state index contributed by atoms with van der Waals surface area (Å²) in [7, 11) is 3.90. The van der Waals surface area contributed by atoms with Gasteiger partial charge in [0.2, 0.25) is 17.7 Å². The highest BCUT2D eigenvalue weighted by molar-refractivity contribution is 6.30. The fourth-order valence-electron chi connectivity index (χ4n) is 5.56. The molecule has 0 bridgehead atoms. The Labute approximate surface area is 253 Å². The van der Waals surface area contributed by atoms with Crippen LogP contribution in [0.5, 0.6) is 0 Å². The topological polar surface area (TPSA) is 99.0 Å². The second-order valence-electron chi connectivity index (χ2n) is 11.3. The van der Waals surface area contributed by atoms with Crippen molar-refractivity contribution in [2.75, 3.05) is 40.3 Å². The first-order valence-electron chi connectivity index (χ1n) is 14.7. The lowest BCUT2D eigenvalue weighted by Gasteiger charge is -2.44. The first-order valence-corrected chi connectivity index (χ1v) is 15.1. The number of nitrogens with two attached hydrogens (primary N) is 1. The molecule has 1 heterocycles. The lowest BCUT2D eigenvalue weighted by atomic mass is 9.96. The van der Waals surface area contributed by atoms with Crippen molar-refractivity contribution in [3.05, 3.63) is 82.9 Å². The highest BCUT2D eigenvalue weighted by atomic mass is 35.5. The molecule has 3 atom stereocenters. The van der Waals surface area contributed by atoms with Crippen molar-refractivity contribution < 1.29 is 14.4 Å². The van der Waals surface area contributed by atoms with Crippen LogP contribution in [0.2, 0.25) is 5.02 Å². The SMILES string of the molecule is CCC[C@H]1C(=O)N([C@@H](Cc2ccc3ccccc3c2)C(=O)NCCN(C)C)CCN1C(=O)[C@H](N)Cc1ccc(Cl)cc1. The Morgan fingerprint density at radius 3 is 2.38 bits per heavy atom. The number of nitrogens with one attached hydrogen (secondary N) is 1. The predicted molar refractivity (Wildman–Crippen MR) is 168 cm³/mol. The van der Waals surface area contributed by atoms with Gasteiger partial charge in [-0.25, -0.2) is 0 Å².